The molecule has 2 rings (SSSR count). The number of nitrogens with zero attached hydrogens (tertiary/aromatic N) is 1. The van der Waals surface area contributed by atoms with E-state index >= 15 is 0 Å². The summed E-state index contributed by atoms with van der Waals surface area (Å²) in [5.41, 5.74) is 10.2. The minimum absolute atomic E-state index is 0.825. The average Bonchev–Trinajstić information content (AvgIpc) is 2.88. The summed E-state index contributed by atoms with van der Waals surface area (Å²) in [6.07, 6.45) is 12.1. The highest BCUT2D eigenvalue weighted by Gasteiger charge is 2.14. The van der Waals surface area contributed by atoms with Crippen molar-refractivity contribution in [1.82, 2.24) is 0 Å². The Hall–Kier alpha value is -1.57. The zero-order chi connectivity index (χ0) is 15.6. The standard InChI is InChI=1S/C20H30N2/c1-2-3-6-14-18-16-20(21)22-19(18)15-10-5-9-13-17-11-7-4-8-12-17/h4,7-8,11-12H,2-3,5-6,9-10,13-16H2,1H3,(H2,21,22). The van der Waals surface area contributed by atoms with E-state index in [0.29, 0.717) is 0 Å². The van der Waals surface area contributed by atoms with Gasteiger partial charge < -0.3 is 5.73 Å². The molecule has 1 aliphatic heterocycles. The summed E-state index contributed by atoms with van der Waals surface area (Å²) < 4.78 is 0. The number of benzene rings is 1. The number of hydrogen-bond donors (Lipinski definition) is 1. The van der Waals surface area contributed by atoms with Gasteiger partial charge in [-0.2, -0.15) is 0 Å². The number of hydrogen-bond acceptors (Lipinski definition) is 2. The van der Waals surface area contributed by atoms with Crippen molar-refractivity contribution in [3.8, 4) is 0 Å². The average molecular weight is 298 g/mol. The lowest BCUT2D eigenvalue weighted by Gasteiger charge is -2.06. The molecule has 0 saturated carbocycles. The highest BCUT2D eigenvalue weighted by atomic mass is 14.9. The van der Waals surface area contributed by atoms with Crippen molar-refractivity contribution in [2.45, 2.75) is 71.1 Å². The number of allylic oxidation sites excluding steroid dienone is 1. The second-order valence-electron chi connectivity index (χ2n) is 6.33. The van der Waals surface area contributed by atoms with Crippen LogP contribution in [0.2, 0.25) is 0 Å². The van der Waals surface area contributed by atoms with E-state index in [2.05, 4.69) is 42.2 Å². The number of nitrogens with two attached hydrogens (primary N) is 1. The lowest BCUT2D eigenvalue weighted by Crippen LogP contribution is -2.07. The van der Waals surface area contributed by atoms with E-state index in [-0.39, 0.29) is 0 Å². The Kier molecular flexibility index (Phi) is 7.21. The van der Waals surface area contributed by atoms with Crippen molar-refractivity contribution in [2.75, 3.05) is 0 Å². The summed E-state index contributed by atoms with van der Waals surface area (Å²) >= 11 is 0. The Labute approximate surface area is 135 Å². The van der Waals surface area contributed by atoms with Gasteiger partial charge in [-0.05, 0) is 49.7 Å². The van der Waals surface area contributed by atoms with Gasteiger partial charge in [0.1, 0.15) is 5.84 Å². The molecule has 0 spiro atoms. The maximum Gasteiger partial charge on any atom is 0.103 e. The third kappa shape index (κ3) is 5.67. The predicted octanol–water partition coefficient (Wildman–Crippen LogP) is 5.38. The van der Waals surface area contributed by atoms with Gasteiger partial charge in [-0.1, -0.05) is 56.5 Å². The van der Waals surface area contributed by atoms with Crippen molar-refractivity contribution in [2.24, 2.45) is 10.7 Å². The molecule has 0 saturated heterocycles. The second kappa shape index (κ2) is 9.45. The van der Waals surface area contributed by atoms with Gasteiger partial charge in [-0.15, -0.1) is 0 Å². The summed E-state index contributed by atoms with van der Waals surface area (Å²) in [6.45, 7) is 2.25. The molecule has 0 fully saturated rings. The van der Waals surface area contributed by atoms with Crippen LogP contribution in [0.15, 0.2) is 46.6 Å². The summed E-state index contributed by atoms with van der Waals surface area (Å²) in [4.78, 5) is 4.58. The first kappa shape index (κ1) is 16.8. The normalized spacial score (nSPS) is 14.5. The number of aliphatic imine (C=N–C) groups is 1. The van der Waals surface area contributed by atoms with Crippen molar-refractivity contribution >= 4 is 5.84 Å². The molecule has 2 N–H and O–H groups in total. The molecule has 1 aliphatic rings. The molecule has 0 radical (unpaired) electrons. The SMILES string of the molecule is CCCCCC1=C(CCCCCc2ccccc2)N=C(N)C1. The molecule has 0 unspecified atom stereocenters. The largest absolute Gasteiger partial charge is 0.387 e. The minimum Gasteiger partial charge on any atom is -0.387 e. The van der Waals surface area contributed by atoms with E-state index in [0.717, 1.165) is 18.7 Å². The molecule has 1 aromatic rings. The van der Waals surface area contributed by atoms with Crippen LogP contribution in [-0.2, 0) is 6.42 Å². The Morgan fingerprint density at radius 2 is 1.64 bits per heavy atom. The first-order valence-electron chi connectivity index (χ1n) is 8.87. The molecule has 0 atom stereocenters. The minimum atomic E-state index is 0.825. The van der Waals surface area contributed by atoms with Crippen LogP contribution >= 0.6 is 0 Å². The number of aryl methyl sites for hydroxylation is 1. The molecule has 1 aromatic carbocycles. The zero-order valence-electron chi connectivity index (χ0n) is 14.0. The highest BCUT2D eigenvalue weighted by molar-refractivity contribution is 5.86. The molecule has 120 valence electrons. The molecule has 2 nitrogen and oxygen atoms in total. The smallest absolute Gasteiger partial charge is 0.103 e. The topological polar surface area (TPSA) is 38.4 Å². The van der Waals surface area contributed by atoms with Gasteiger partial charge in [0.05, 0.1) is 0 Å². The van der Waals surface area contributed by atoms with Gasteiger partial charge in [0, 0.05) is 12.1 Å². The fraction of sp³-hybridized carbons (Fsp3) is 0.550. The molecular weight excluding hydrogens is 268 g/mol. The van der Waals surface area contributed by atoms with E-state index < -0.39 is 0 Å². The molecule has 2 heteroatoms. The van der Waals surface area contributed by atoms with Gasteiger partial charge in [0.25, 0.3) is 0 Å². The Morgan fingerprint density at radius 1 is 0.909 bits per heavy atom. The van der Waals surface area contributed by atoms with Gasteiger partial charge in [0.2, 0.25) is 0 Å². The molecule has 0 aliphatic carbocycles. The van der Waals surface area contributed by atoms with Gasteiger partial charge in [-0.25, -0.2) is 4.99 Å². The Balaban J connectivity index is 1.68. The fourth-order valence-electron chi connectivity index (χ4n) is 3.11. The Bertz CT molecular complexity index is 500. The lowest BCUT2D eigenvalue weighted by atomic mass is 10.0. The highest BCUT2D eigenvalue weighted by Crippen LogP contribution is 2.27. The van der Waals surface area contributed by atoms with Crippen LogP contribution in [0.5, 0.6) is 0 Å². The quantitative estimate of drug-likeness (QED) is 0.578. The van der Waals surface area contributed by atoms with Crippen LogP contribution < -0.4 is 5.73 Å². The van der Waals surface area contributed by atoms with Crippen LogP contribution in [0, 0.1) is 0 Å². The van der Waals surface area contributed by atoms with E-state index in [4.69, 9.17) is 5.73 Å². The lowest BCUT2D eigenvalue weighted by molar-refractivity contribution is 0.663. The van der Waals surface area contributed by atoms with Crippen molar-refractivity contribution in [1.29, 1.82) is 0 Å². The van der Waals surface area contributed by atoms with Crippen LogP contribution in [0.3, 0.4) is 0 Å². The maximum atomic E-state index is 5.93. The summed E-state index contributed by atoms with van der Waals surface area (Å²) in [6, 6.07) is 10.8. The Morgan fingerprint density at radius 3 is 2.41 bits per heavy atom. The molecule has 0 aromatic heterocycles. The first-order chi connectivity index (χ1) is 10.8. The van der Waals surface area contributed by atoms with E-state index in [1.807, 2.05) is 0 Å². The van der Waals surface area contributed by atoms with Crippen molar-refractivity contribution < 1.29 is 0 Å². The predicted molar refractivity (Wildman–Crippen MR) is 96.0 cm³/mol. The second-order valence-corrected chi connectivity index (χ2v) is 6.33. The van der Waals surface area contributed by atoms with Crippen molar-refractivity contribution in [3.63, 3.8) is 0 Å². The molecule has 0 bridgehead atoms. The van der Waals surface area contributed by atoms with Gasteiger partial charge >= 0.3 is 0 Å². The molecular formula is C20H30N2. The van der Waals surface area contributed by atoms with Gasteiger partial charge in [0.15, 0.2) is 0 Å². The molecule has 0 amide bonds. The third-order valence-electron chi connectivity index (χ3n) is 4.39. The number of amidine groups is 1. The first-order valence-corrected chi connectivity index (χ1v) is 8.87. The third-order valence-corrected chi connectivity index (χ3v) is 4.39. The monoisotopic (exact) mass is 298 g/mol. The van der Waals surface area contributed by atoms with Crippen LogP contribution in [0.4, 0.5) is 0 Å². The summed E-state index contributed by atoms with van der Waals surface area (Å²) in [5.74, 6) is 0.825. The molecule has 22 heavy (non-hydrogen) atoms. The maximum absolute atomic E-state index is 5.93. The van der Waals surface area contributed by atoms with E-state index in [1.165, 1.54) is 68.2 Å². The van der Waals surface area contributed by atoms with Crippen LogP contribution in [0.25, 0.3) is 0 Å². The summed E-state index contributed by atoms with van der Waals surface area (Å²) in [5, 5.41) is 0. The van der Waals surface area contributed by atoms with Crippen LogP contribution in [-0.4, -0.2) is 5.84 Å². The fourth-order valence-corrected chi connectivity index (χ4v) is 3.11. The van der Waals surface area contributed by atoms with E-state index in [1.54, 1.807) is 0 Å². The number of unbranched alkanes of at least 4 members (excludes halogenated alkanes) is 4. The number of rotatable bonds is 10. The van der Waals surface area contributed by atoms with Gasteiger partial charge in [-0.3, -0.25) is 0 Å². The summed E-state index contributed by atoms with van der Waals surface area (Å²) in [7, 11) is 0. The molecule has 1 heterocycles. The van der Waals surface area contributed by atoms with Crippen molar-refractivity contribution in [3.05, 3.63) is 47.2 Å². The van der Waals surface area contributed by atoms with E-state index in [9.17, 15) is 0 Å². The van der Waals surface area contributed by atoms with Crippen LogP contribution in [0.1, 0.15) is 70.3 Å². The zero-order valence-corrected chi connectivity index (χ0v) is 14.0.